The summed E-state index contributed by atoms with van der Waals surface area (Å²) in [6, 6.07) is 7.98. The number of halogens is 1. The first-order chi connectivity index (χ1) is 9.34. The summed E-state index contributed by atoms with van der Waals surface area (Å²) < 4.78 is 5.69. The van der Waals surface area contributed by atoms with E-state index in [1.807, 2.05) is 23.9 Å². The topological polar surface area (TPSA) is 12.5 Å². The standard InChI is InChI=1S/C15H22ClNOS/c16-14-4-6-15(7-5-14)19-13-12-18-11-10-17-8-2-1-3-9-17/h4-7H,1-3,8-13H2. The highest BCUT2D eigenvalue weighted by atomic mass is 35.5. The maximum atomic E-state index is 5.85. The Hall–Kier alpha value is -0.220. The van der Waals surface area contributed by atoms with E-state index in [4.69, 9.17) is 16.3 Å². The van der Waals surface area contributed by atoms with Crippen LogP contribution in [-0.4, -0.2) is 43.5 Å². The predicted molar refractivity (Wildman–Crippen MR) is 83.3 cm³/mol. The Morgan fingerprint density at radius 3 is 2.53 bits per heavy atom. The van der Waals surface area contributed by atoms with Crippen LogP contribution < -0.4 is 0 Å². The molecule has 19 heavy (non-hydrogen) atoms. The largest absolute Gasteiger partial charge is 0.379 e. The first-order valence-electron chi connectivity index (χ1n) is 7.03. The van der Waals surface area contributed by atoms with E-state index >= 15 is 0 Å². The molecule has 0 bridgehead atoms. The van der Waals surface area contributed by atoms with Gasteiger partial charge < -0.3 is 9.64 Å². The number of hydrogen-bond donors (Lipinski definition) is 0. The van der Waals surface area contributed by atoms with E-state index in [0.29, 0.717) is 0 Å². The molecule has 0 aliphatic carbocycles. The van der Waals surface area contributed by atoms with Crippen molar-refractivity contribution in [3.8, 4) is 0 Å². The third-order valence-corrected chi connectivity index (χ3v) is 4.54. The lowest BCUT2D eigenvalue weighted by Crippen LogP contribution is -2.32. The summed E-state index contributed by atoms with van der Waals surface area (Å²) >= 11 is 7.67. The molecule has 0 aromatic heterocycles. The quantitative estimate of drug-likeness (QED) is 0.559. The van der Waals surface area contributed by atoms with Crippen LogP contribution in [0.5, 0.6) is 0 Å². The highest BCUT2D eigenvalue weighted by Gasteiger charge is 2.08. The second-order valence-corrected chi connectivity index (χ2v) is 6.42. The van der Waals surface area contributed by atoms with E-state index in [2.05, 4.69) is 17.0 Å². The van der Waals surface area contributed by atoms with Gasteiger partial charge in [0.1, 0.15) is 0 Å². The Labute approximate surface area is 125 Å². The second-order valence-electron chi connectivity index (χ2n) is 4.82. The summed E-state index contributed by atoms with van der Waals surface area (Å²) in [6.45, 7) is 5.28. The highest BCUT2D eigenvalue weighted by Crippen LogP contribution is 2.19. The predicted octanol–water partition coefficient (Wildman–Crippen LogP) is 3.93. The number of rotatable bonds is 7. The summed E-state index contributed by atoms with van der Waals surface area (Å²) in [5.74, 6) is 1.00. The summed E-state index contributed by atoms with van der Waals surface area (Å²) in [6.07, 6.45) is 4.11. The van der Waals surface area contributed by atoms with Crippen LogP contribution in [0.3, 0.4) is 0 Å². The van der Waals surface area contributed by atoms with Crippen LogP contribution in [0.1, 0.15) is 19.3 Å². The van der Waals surface area contributed by atoms with Crippen molar-refractivity contribution >= 4 is 23.4 Å². The van der Waals surface area contributed by atoms with Gasteiger partial charge in [0.05, 0.1) is 13.2 Å². The van der Waals surface area contributed by atoms with Crippen molar-refractivity contribution in [3.63, 3.8) is 0 Å². The minimum Gasteiger partial charge on any atom is -0.379 e. The summed E-state index contributed by atoms with van der Waals surface area (Å²) in [5.41, 5.74) is 0. The molecule has 0 amide bonds. The maximum Gasteiger partial charge on any atom is 0.0593 e. The highest BCUT2D eigenvalue weighted by molar-refractivity contribution is 7.99. The van der Waals surface area contributed by atoms with Gasteiger partial charge in [-0.2, -0.15) is 0 Å². The van der Waals surface area contributed by atoms with Crippen LogP contribution in [-0.2, 0) is 4.74 Å². The SMILES string of the molecule is Clc1ccc(SCCOCCN2CCCCC2)cc1. The zero-order chi connectivity index (χ0) is 13.3. The molecule has 1 aliphatic rings. The van der Waals surface area contributed by atoms with Crippen molar-refractivity contribution in [3.05, 3.63) is 29.3 Å². The van der Waals surface area contributed by atoms with Gasteiger partial charge in [-0.05, 0) is 50.2 Å². The summed E-state index contributed by atoms with van der Waals surface area (Å²) in [4.78, 5) is 3.76. The zero-order valence-electron chi connectivity index (χ0n) is 11.3. The number of benzene rings is 1. The van der Waals surface area contributed by atoms with E-state index in [0.717, 1.165) is 30.5 Å². The van der Waals surface area contributed by atoms with Crippen molar-refractivity contribution in [2.24, 2.45) is 0 Å². The lowest BCUT2D eigenvalue weighted by atomic mass is 10.1. The number of nitrogens with zero attached hydrogens (tertiary/aromatic N) is 1. The molecule has 4 heteroatoms. The molecule has 1 fully saturated rings. The molecular formula is C15H22ClNOS. The van der Waals surface area contributed by atoms with Crippen LogP contribution in [0.25, 0.3) is 0 Å². The number of likely N-dealkylation sites (tertiary alicyclic amines) is 1. The summed E-state index contributed by atoms with van der Waals surface area (Å²) in [7, 11) is 0. The Bertz CT molecular complexity index is 352. The molecule has 1 aromatic carbocycles. The van der Waals surface area contributed by atoms with E-state index in [1.165, 1.54) is 37.2 Å². The van der Waals surface area contributed by atoms with Gasteiger partial charge in [-0.1, -0.05) is 18.0 Å². The molecule has 0 spiro atoms. The van der Waals surface area contributed by atoms with Gasteiger partial charge in [-0.15, -0.1) is 11.8 Å². The molecule has 0 saturated carbocycles. The minimum atomic E-state index is 0.794. The number of hydrogen-bond acceptors (Lipinski definition) is 3. The first-order valence-corrected chi connectivity index (χ1v) is 8.39. The number of thioether (sulfide) groups is 1. The normalized spacial score (nSPS) is 16.7. The van der Waals surface area contributed by atoms with E-state index in [1.54, 1.807) is 0 Å². The molecule has 0 unspecified atom stereocenters. The van der Waals surface area contributed by atoms with Crippen LogP contribution in [0.2, 0.25) is 5.02 Å². The fourth-order valence-electron chi connectivity index (χ4n) is 2.23. The molecular weight excluding hydrogens is 278 g/mol. The van der Waals surface area contributed by atoms with Gasteiger partial charge in [-0.3, -0.25) is 0 Å². The maximum absolute atomic E-state index is 5.85. The average molecular weight is 300 g/mol. The van der Waals surface area contributed by atoms with Crippen LogP contribution in [0, 0.1) is 0 Å². The van der Waals surface area contributed by atoms with E-state index < -0.39 is 0 Å². The van der Waals surface area contributed by atoms with E-state index in [-0.39, 0.29) is 0 Å². The molecule has 1 saturated heterocycles. The van der Waals surface area contributed by atoms with E-state index in [9.17, 15) is 0 Å². The third-order valence-electron chi connectivity index (χ3n) is 3.31. The minimum absolute atomic E-state index is 0.794. The van der Waals surface area contributed by atoms with Gasteiger partial charge >= 0.3 is 0 Å². The Morgan fingerprint density at radius 2 is 1.79 bits per heavy atom. The van der Waals surface area contributed by atoms with Crippen molar-refractivity contribution in [2.45, 2.75) is 24.2 Å². The smallest absolute Gasteiger partial charge is 0.0593 e. The zero-order valence-corrected chi connectivity index (χ0v) is 12.9. The van der Waals surface area contributed by atoms with Crippen molar-refractivity contribution in [1.82, 2.24) is 4.90 Å². The fraction of sp³-hybridized carbons (Fsp3) is 0.600. The van der Waals surface area contributed by atoms with Gasteiger partial charge in [0.25, 0.3) is 0 Å². The number of ether oxygens (including phenoxy) is 1. The molecule has 1 heterocycles. The Morgan fingerprint density at radius 1 is 1.05 bits per heavy atom. The first kappa shape index (κ1) is 15.2. The Balaban J connectivity index is 1.49. The van der Waals surface area contributed by atoms with Crippen molar-refractivity contribution < 1.29 is 4.74 Å². The van der Waals surface area contributed by atoms with Crippen molar-refractivity contribution in [1.29, 1.82) is 0 Å². The van der Waals surface area contributed by atoms with Gasteiger partial charge in [-0.25, -0.2) is 0 Å². The van der Waals surface area contributed by atoms with Crippen LogP contribution >= 0.6 is 23.4 Å². The van der Waals surface area contributed by atoms with Crippen LogP contribution in [0.4, 0.5) is 0 Å². The monoisotopic (exact) mass is 299 g/mol. The fourth-order valence-corrected chi connectivity index (χ4v) is 3.12. The second kappa shape index (κ2) is 8.85. The average Bonchev–Trinajstić information content (AvgIpc) is 2.46. The molecule has 1 aliphatic heterocycles. The molecule has 2 rings (SSSR count). The molecule has 0 N–H and O–H groups in total. The molecule has 2 nitrogen and oxygen atoms in total. The number of piperidine rings is 1. The van der Waals surface area contributed by atoms with Crippen LogP contribution in [0.15, 0.2) is 29.2 Å². The Kier molecular flexibility index (Phi) is 7.07. The molecule has 106 valence electrons. The molecule has 0 radical (unpaired) electrons. The lowest BCUT2D eigenvalue weighted by molar-refractivity contribution is 0.107. The molecule has 0 atom stereocenters. The summed E-state index contributed by atoms with van der Waals surface area (Å²) in [5, 5.41) is 0.794. The molecule has 1 aromatic rings. The third kappa shape index (κ3) is 6.17. The van der Waals surface area contributed by atoms with Gasteiger partial charge in [0.15, 0.2) is 0 Å². The van der Waals surface area contributed by atoms with Crippen molar-refractivity contribution in [2.75, 3.05) is 38.6 Å². The van der Waals surface area contributed by atoms with Gasteiger partial charge in [0.2, 0.25) is 0 Å². The lowest BCUT2D eigenvalue weighted by Gasteiger charge is -2.26. The van der Waals surface area contributed by atoms with Gasteiger partial charge in [0, 0.05) is 22.2 Å².